The summed E-state index contributed by atoms with van der Waals surface area (Å²) < 4.78 is 6.19. The van der Waals surface area contributed by atoms with Crippen LogP contribution in [0.25, 0.3) is 0 Å². The molecule has 0 atom stereocenters. The third-order valence-electron chi connectivity index (χ3n) is 5.22. The van der Waals surface area contributed by atoms with Crippen molar-refractivity contribution < 1.29 is 9.53 Å². The second-order valence-corrected chi connectivity index (χ2v) is 6.98. The van der Waals surface area contributed by atoms with E-state index in [0.29, 0.717) is 11.3 Å². The standard InChI is InChI=1S/C21H24N2O2/c24-20-18-10-4-5-11-19(18)25-21(22-20)12-15-23(16-13-21)14-6-9-17-7-2-1-3-8-17/h1-5,7-8,10-11H,6,9,12-16H2,(H,22,24). The quantitative estimate of drug-likeness (QED) is 0.932. The lowest BCUT2D eigenvalue weighted by molar-refractivity contribution is -0.0289. The maximum Gasteiger partial charge on any atom is 0.258 e. The van der Waals surface area contributed by atoms with Gasteiger partial charge in [0, 0.05) is 25.9 Å². The first kappa shape index (κ1) is 16.2. The van der Waals surface area contributed by atoms with Gasteiger partial charge in [0.25, 0.3) is 5.91 Å². The molecule has 1 fully saturated rings. The average Bonchev–Trinajstić information content (AvgIpc) is 2.64. The fourth-order valence-electron chi connectivity index (χ4n) is 3.77. The number of piperidine rings is 1. The predicted octanol–water partition coefficient (Wildman–Crippen LogP) is 3.23. The molecule has 0 radical (unpaired) electrons. The summed E-state index contributed by atoms with van der Waals surface area (Å²) in [5.74, 6) is 0.697. The molecule has 2 heterocycles. The molecule has 4 nitrogen and oxygen atoms in total. The molecule has 2 aromatic rings. The fourth-order valence-corrected chi connectivity index (χ4v) is 3.77. The van der Waals surface area contributed by atoms with E-state index in [0.717, 1.165) is 45.3 Å². The minimum absolute atomic E-state index is 0.0145. The molecule has 0 bridgehead atoms. The van der Waals surface area contributed by atoms with E-state index in [1.54, 1.807) is 0 Å². The van der Waals surface area contributed by atoms with Gasteiger partial charge in [-0.1, -0.05) is 42.5 Å². The summed E-state index contributed by atoms with van der Waals surface area (Å²) in [6, 6.07) is 18.1. The van der Waals surface area contributed by atoms with Crippen LogP contribution in [0.4, 0.5) is 0 Å². The van der Waals surface area contributed by atoms with Crippen molar-refractivity contribution in [2.24, 2.45) is 0 Å². The monoisotopic (exact) mass is 336 g/mol. The van der Waals surface area contributed by atoms with Crippen molar-refractivity contribution in [3.05, 3.63) is 65.7 Å². The number of benzene rings is 2. The van der Waals surface area contributed by atoms with Crippen LogP contribution in [-0.2, 0) is 6.42 Å². The number of hydrogen-bond acceptors (Lipinski definition) is 3. The van der Waals surface area contributed by atoms with Crippen LogP contribution in [0.3, 0.4) is 0 Å². The SMILES string of the molecule is O=C1NC2(CCN(CCCc3ccccc3)CC2)Oc2ccccc21. The van der Waals surface area contributed by atoms with Crippen molar-refractivity contribution in [1.29, 1.82) is 0 Å². The number of amides is 1. The summed E-state index contributed by atoms with van der Waals surface area (Å²) in [4.78, 5) is 14.8. The maximum absolute atomic E-state index is 12.4. The molecule has 0 unspecified atom stereocenters. The van der Waals surface area contributed by atoms with Crippen molar-refractivity contribution in [2.45, 2.75) is 31.4 Å². The predicted molar refractivity (Wildman–Crippen MR) is 97.7 cm³/mol. The average molecular weight is 336 g/mol. The number of carbonyl (C=O) groups is 1. The minimum atomic E-state index is -0.526. The number of ether oxygens (including phenoxy) is 1. The first-order valence-electron chi connectivity index (χ1n) is 9.11. The van der Waals surface area contributed by atoms with Gasteiger partial charge in [-0.25, -0.2) is 0 Å². The van der Waals surface area contributed by atoms with E-state index in [-0.39, 0.29) is 5.91 Å². The van der Waals surface area contributed by atoms with E-state index in [1.807, 2.05) is 24.3 Å². The zero-order valence-electron chi connectivity index (χ0n) is 14.4. The lowest BCUT2D eigenvalue weighted by Crippen LogP contribution is -2.61. The molecule has 2 aliphatic rings. The molecule has 1 spiro atoms. The topological polar surface area (TPSA) is 41.6 Å². The zero-order chi connectivity index (χ0) is 17.1. The highest BCUT2D eigenvalue weighted by atomic mass is 16.5. The Morgan fingerprint density at radius 2 is 1.72 bits per heavy atom. The smallest absolute Gasteiger partial charge is 0.258 e. The molecule has 4 rings (SSSR count). The minimum Gasteiger partial charge on any atom is -0.467 e. The molecular formula is C21H24N2O2. The maximum atomic E-state index is 12.4. The molecule has 1 saturated heterocycles. The van der Waals surface area contributed by atoms with Gasteiger partial charge in [0.15, 0.2) is 5.72 Å². The zero-order valence-corrected chi connectivity index (χ0v) is 14.4. The van der Waals surface area contributed by atoms with Gasteiger partial charge in [0.2, 0.25) is 0 Å². The largest absolute Gasteiger partial charge is 0.467 e. The van der Waals surface area contributed by atoms with Crippen molar-refractivity contribution in [1.82, 2.24) is 10.2 Å². The van der Waals surface area contributed by atoms with Crippen LogP contribution < -0.4 is 10.1 Å². The molecule has 2 aromatic carbocycles. The summed E-state index contributed by atoms with van der Waals surface area (Å²) >= 11 is 0. The van der Waals surface area contributed by atoms with Gasteiger partial charge in [0.05, 0.1) is 5.56 Å². The Bertz CT molecular complexity index is 737. The molecule has 25 heavy (non-hydrogen) atoms. The lowest BCUT2D eigenvalue weighted by atomic mass is 9.96. The number of rotatable bonds is 4. The van der Waals surface area contributed by atoms with E-state index in [9.17, 15) is 4.79 Å². The van der Waals surface area contributed by atoms with Crippen LogP contribution >= 0.6 is 0 Å². The number of likely N-dealkylation sites (tertiary alicyclic amines) is 1. The van der Waals surface area contributed by atoms with Crippen LogP contribution in [-0.4, -0.2) is 36.2 Å². The van der Waals surface area contributed by atoms with Gasteiger partial charge < -0.3 is 15.0 Å². The second-order valence-electron chi connectivity index (χ2n) is 6.98. The van der Waals surface area contributed by atoms with E-state index >= 15 is 0 Å². The highest BCUT2D eigenvalue weighted by Gasteiger charge is 2.42. The van der Waals surface area contributed by atoms with Gasteiger partial charge in [-0.05, 0) is 37.1 Å². The molecule has 1 amide bonds. The Balaban J connectivity index is 1.31. The molecule has 2 aliphatic heterocycles. The van der Waals surface area contributed by atoms with Crippen LogP contribution in [0.2, 0.25) is 0 Å². The third kappa shape index (κ3) is 3.54. The second kappa shape index (κ2) is 6.89. The van der Waals surface area contributed by atoms with Crippen LogP contribution in [0.15, 0.2) is 54.6 Å². The summed E-state index contributed by atoms with van der Waals surface area (Å²) in [6.07, 6.45) is 3.94. The van der Waals surface area contributed by atoms with Crippen molar-refractivity contribution in [2.75, 3.05) is 19.6 Å². The first-order chi connectivity index (χ1) is 12.2. The number of nitrogens with one attached hydrogen (secondary N) is 1. The van der Waals surface area contributed by atoms with Gasteiger partial charge in [0.1, 0.15) is 5.75 Å². The number of hydrogen-bond donors (Lipinski definition) is 1. The van der Waals surface area contributed by atoms with E-state index in [1.165, 1.54) is 5.56 Å². The molecule has 130 valence electrons. The molecule has 4 heteroatoms. The van der Waals surface area contributed by atoms with E-state index in [2.05, 4.69) is 40.5 Å². The Labute approximate surface area is 148 Å². The van der Waals surface area contributed by atoms with Crippen LogP contribution in [0.5, 0.6) is 5.75 Å². The van der Waals surface area contributed by atoms with Gasteiger partial charge in [-0.3, -0.25) is 4.79 Å². The van der Waals surface area contributed by atoms with Crippen molar-refractivity contribution in [3.63, 3.8) is 0 Å². The Morgan fingerprint density at radius 1 is 1.00 bits per heavy atom. The molecule has 0 saturated carbocycles. The number of fused-ring (bicyclic) bond motifs is 1. The fraction of sp³-hybridized carbons (Fsp3) is 0.381. The van der Waals surface area contributed by atoms with Crippen molar-refractivity contribution in [3.8, 4) is 5.75 Å². The highest BCUT2D eigenvalue weighted by Crippen LogP contribution is 2.33. The lowest BCUT2D eigenvalue weighted by Gasteiger charge is -2.44. The molecule has 1 N–H and O–H groups in total. The summed E-state index contributed by atoms with van der Waals surface area (Å²) in [5.41, 5.74) is 1.51. The van der Waals surface area contributed by atoms with Gasteiger partial charge >= 0.3 is 0 Å². The Kier molecular flexibility index (Phi) is 4.45. The van der Waals surface area contributed by atoms with Crippen LogP contribution in [0.1, 0.15) is 35.2 Å². The number of aryl methyl sites for hydroxylation is 1. The van der Waals surface area contributed by atoms with Crippen molar-refractivity contribution >= 4 is 5.91 Å². The number of nitrogens with zero attached hydrogens (tertiary/aromatic N) is 1. The molecule has 0 aliphatic carbocycles. The first-order valence-corrected chi connectivity index (χ1v) is 9.11. The molecular weight excluding hydrogens is 312 g/mol. The molecule has 0 aromatic heterocycles. The summed E-state index contributed by atoms with van der Waals surface area (Å²) in [5, 5.41) is 3.10. The highest BCUT2D eigenvalue weighted by molar-refractivity contribution is 5.98. The Hall–Kier alpha value is -2.33. The van der Waals surface area contributed by atoms with Gasteiger partial charge in [-0.2, -0.15) is 0 Å². The van der Waals surface area contributed by atoms with Gasteiger partial charge in [-0.15, -0.1) is 0 Å². The number of carbonyl (C=O) groups excluding carboxylic acids is 1. The normalized spacial score (nSPS) is 19.1. The van der Waals surface area contributed by atoms with E-state index in [4.69, 9.17) is 4.74 Å². The number of para-hydroxylation sites is 1. The van der Waals surface area contributed by atoms with E-state index < -0.39 is 5.72 Å². The third-order valence-corrected chi connectivity index (χ3v) is 5.22. The Morgan fingerprint density at radius 3 is 2.52 bits per heavy atom. The summed E-state index contributed by atoms with van der Waals surface area (Å²) in [7, 11) is 0. The van der Waals surface area contributed by atoms with Crippen LogP contribution in [0, 0.1) is 0 Å². The summed E-state index contributed by atoms with van der Waals surface area (Å²) in [6.45, 7) is 3.00.